The van der Waals surface area contributed by atoms with Gasteiger partial charge >= 0.3 is 0 Å². The summed E-state index contributed by atoms with van der Waals surface area (Å²) in [5, 5.41) is 13.1. The van der Waals surface area contributed by atoms with Crippen molar-refractivity contribution in [3.05, 3.63) is 36.4 Å². The lowest BCUT2D eigenvalue weighted by atomic mass is 10.1. The number of aliphatic hydroxyl groups excluding tert-OH is 1. The van der Waals surface area contributed by atoms with Gasteiger partial charge in [0, 0.05) is 18.8 Å². The summed E-state index contributed by atoms with van der Waals surface area (Å²) < 4.78 is 0. The van der Waals surface area contributed by atoms with Crippen molar-refractivity contribution >= 4 is 11.4 Å². The molecule has 2 rings (SSSR count). The molecule has 0 radical (unpaired) electrons. The number of rotatable bonds is 3. The molecule has 0 saturated carbocycles. The summed E-state index contributed by atoms with van der Waals surface area (Å²) in [7, 11) is 0. The molecule has 5 nitrogen and oxygen atoms in total. The van der Waals surface area contributed by atoms with E-state index in [0.717, 1.165) is 24.2 Å². The number of benzene rings is 1. The highest BCUT2D eigenvalue weighted by Crippen LogP contribution is 2.24. The van der Waals surface area contributed by atoms with Crippen LogP contribution in [-0.2, 0) is 0 Å². The third-order valence-corrected chi connectivity index (χ3v) is 2.91. The largest absolute Gasteiger partial charge is 0.391 e. The molecule has 1 atom stereocenters. The molecule has 5 heteroatoms. The topological polar surface area (TPSA) is 73.8 Å². The lowest BCUT2D eigenvalue weighted by molar-refractivity contribution is 0.187. The van der Waals surface area contributed by atoms with E-state index in [-0.39, 0.29) is 6.10 Å². The molecule has 17 heavy (non-hydrogen) atoms. The lowest BCUT2D eigenvalue weighted by Gasteiger charge is -2.20. The fraction of sp³-hybridized carbons (Fsp3) is 0.333. The van der Waals surface area contributed by atoms with E-state index in [0.29, 0.717) is 12.2 Å². The zero-order chi connectivity index (χ0) is 12.3. The summed E-state index contributed by atoms with van der Waals surface area (Å²) in [5.74, 6) is 0. The first kappa shape index (κ1) is 11.5. The lowest BCUT2D eigenvalue weighted by Crippen LogP contribution is -2.19. The van der Waals surface area contributed by atoms with Gasteiger partial charge in [-0.25, -0.2) is 0 Å². The van der Waals surface area contributed by atoms with E-state index in [1.807, 2.05) is 12.1 Å². The van der Waals surface area contributed by atoms with Crippen LogP contribution in [0.3, 0.4) is 0 Å². The van der Waals surface area contributed by atoms with Crippen molar-refractivity contribution in [2.45, 2.75) is 12.5 Å². The minimum atomic E-state index is -0.247. The van der Waals surface area contributed by atoms with E-state index in [1.165, 1.54) is 0 Å². The van der Waals surface area contributed by atoms with Gasteiger partial charge in [-0.15, -0.1) is 0 Å². The molecule has 1 aromatic carbocycles. The molecule has 0 bridgehead atoms. The van der Waals surface area contributed by atoms with E-state index in [2.05, 4.69) is 21.5 Å². The molecular formula is C12H15N4O+. The Hall–Kier alpha value is -1.97. The predicted molar refractivity (Wildman–Crippen MR) is 64.6 cm³/mol. The summed E-state index contributed by atoms with van der Waals surface area (Å²) in [6, 6.07) is 7.39. The first-order valence-corrected chi connectivity index (χ1v) is 5.50. The smallest absolute Gasteiger partial charge is 0.220 e. The van der Waals surface area contributed by atoms with Gasteiger partial charge in [-0.2, -0.15) is 0 Å². The Morgan fingerprint density at radius 1 is 1.47 bits per heavy atom. The molecule has 1 aromatic rings. The number of β-amino-alcohol motifs (C(OH)–C–C–N with tert-alkyl or cyclic N) is 1. The van der Waals surface area contributed by atoms with E-state index in [9.17, 15) is 5.11 Å². The predicted octanol–water partition coefficient (Wildman–Crippen LogP) is 1.91. The van der Waals surface area contributed by atoms with E-state index in [1.54, 1.807) is 12.1 Å². The number of nitrogens with one attached hydrogen (secondary N) is 1. The minimum Gasteiger partial charge on any atom is -0.391 e. The number of likely N-dealkylation sites (tertiary alicyclic amines) is 1. The monoisotopic (exact) mass is 231 g/mol. The van der Waals surface area contributed by atoms with Crippen LogP contribution < -0.4 is 4.91 Å². The molecule has 0 spiro atoms. The van der Waals surface area contributed by atoms with Gasteiger partial charge in [-0.3, -0.25) is 0 Å². The molecule has 1 saturated heterocycles. The van der Waals surface area contributed by atoms with Crippen molar-refractivity contribution < 1.29 is 5.11 Å². The summed E-state index contributed by atoms with van der Waals surface area (Å²) in [4.78, 5) is 5.05. The molecule has 2 N–H and O–H groups in total. The van der Waals surface area contributed by atoms with Gasteiger partial charge in [-0.1, -0.05) is 18.7 Å². The van der Waals surface area contributed by atoms with Crippen molar-refractivity contribution in [3.8, 4) is 0 Å². The average Bonchev–Trinajstić information content (AvgIpc) is 2.76. The summed E-state index contributed by atoms with van der Waals surface area (Å²) >= 11 is 0. The van der Waals surface area contributed by atoms with E-state index < -0.39 is 0 Å². The number of aliphatic hydroxyl groups is 1. The highest BCUT2D eigenvalue weighted by Gasteiger charge is 2.21. The highest BCUT2D eigenvalue weighted by molar-refractivity contribution is 5.63. The second kappa shape index (κ2) is 4.91. The molecule has 0 unspecified atom stereocenters. The Morgan fingerprint density at radius 2 is 2.18 bits per heavy atom. The molecule has 88 valence electrons. The molecule has 0 aliphatic carbocycles. The normalized spacial score (nSPS) is 18.9. The van der Waals surface area contributed by atoms with Crippen LogP contribution in [0.2, 0.25) is 0 Å². The Kier molecular flexibility index (Phi) is 3.32. The third-order valence-electron chi connectivity index (χ3n) is 2.91. The van der Waals surface area contributed by atoms with Gasteiger partial charge in [0.1, 0.15) is 5.53 Å². The number of hydrogen-bond donors (Lipinski definition) is 2. The molecule has 1 heterocycles. The molecular weight excluding hydrogens is 216 g/mol. The zero-order valence-electron chi connectivity index (χ0n) is 9.50. The van der Waals surface area contributed by atoms with Crippen molar-refractivity contribution in [2.75, 3.05) is 13.1 Å². The molecule has 1 aliphatic heterocycles. The summed E-state index contributed by atoms with van der Waals surface area (Å²) in [6.07, 6.45) is 0.549. The number of hydrogen-bond acceptors (Lipinski definition) is 4. The van der Waals surface area contributed by atoms with Crippen molar-refractivity contribution in [1.82, 2.24) is 9.81 Å². The van der Waals surface area contributed by atoms with Gasteiger partial charge in [0.05, 0.1) is 6.10 Å². The molecule has 0 aromatic heterocycles. The Morgan fingerprint density at radius 3 is 2.71 bits per heavy atom. The third kappa shape index (κ3) is 2.58. The van der Waals surface area contributed by atoms with Gasteiger partial charge in [-0.05, 0) is 24.1 Å². The zero-order valence-corrected chi connectivity index (χ0v) is 9.50. The Bertz CT molecular complexity index is 462. The average molecular weight is 231 g/mol. The SMILES string of the molecule is C=C(c1ccc(N=[N+]=N)cc1)N1CC[C@@H](O)C1. The van der Waals surface area contributed by atoms with E-state index >= 15 is 0 Å². The Balaban J connectivity index is 2.11. The van der Waals surface area contributed by atoms with Crippen LogP contribution in [0.15, 0.2) is 36.0 Å². The molecule has 1 fully saturated rings. The maximum absolute atomic E-state index is 9.48. The second-order valence-electron chi connectivity index (χ2n) is 4.08. The standard InChI is InChI=1S/C12H15N4O/c1-9(16-7-6-12(17)8-16)10-2-4-11(5-3-10)14-15-13/h2-5,12-13,17H,1,6-8H2/q+1/t12-/m1/s1. The van der Waals surface area contributed by atoms with Crippen molar-refractivity contribution in [3.63, 3.8) is 0 Å². The van der Waals surface area contributed by atoms with E-state index in [4.69, 9.17) is 5.53 Å². The van der Waals surface area contributed by atoms with Gasteiger partial charge < -0.3 is 10.0 Å². The minimum absolute atomic E-state index is 0.247. The first-order chi connectivity index (χ1) is 8.20. The summed E-state index contributed by atoms with van der Waals surface area (Å²) in [6.45, 7) is 5.53. The maximum Gasteiger partial charge on any atom is 0.220 e. The first-order valence-electron chi connectivity index (χ1n) is 5.50. The maximum atomic E-state index is 9.48. The van der Waals surface area contributed by atoms with Crippen LogP contribution in [0.5, 0.6) is 0 Å². The van der Waals surface area contributed by atoms with Crippen LogP contribution >= 0.6 is 0 Å². The quantitative estimate of drug-likeness (QED) is 0.616. The number of nitrogens with zero attached hydrogens (tertiary/aromatic N) is 3. The van der Waals surface area contributed by atoms with Crippen LogP contribution in [0, 0.1) is 5.53 Å². The Labute approximate surface area is 99.6 Å². The van der Waals surface area contributed by atoms with Gasteiger partial charge in [0.15, 0.2) is 10.8 Å². The second-order valence-corrected chi connectivity index (χ2v) is 4.08. The van der Waals surface area contributed by atoms with Gasteiger partial charge in [0.2, 0.25) is 4.91 Å². The fourth-order valence-corrected chi connectivity index (χ4v) is 1.95. The fourth-order valence-electron chi connectivity index (χ4n) is 1.95. The molecule has 1 aliphatic rings. The molecule has 0 amide bonds. The van der Waals surface area contributed by atoms with Gasteiger partial charge in [0.25, 0.3) is 0 Å². The van der Waals surface area contributed by atoms with Crippen molar-refractivity contribution in [2.24, 2.45) is 5.11 Å². The van der Waals surface area contributed by atoms with Crippen LogP contribution in [0.4, 0.5) is 5.69 Å². The van der Waals surface area contributed by atoms with Crippen LogP contribution in [-0.4, -0.2) is 29.2 Å². The highest BCUT2D eigenvalue weighted by atomic mass is 16.3. The van der Waals surface area contributed by atoms with Crippen LogP contribution in [0.1, 0.15) is 12.0 Å². The summed E-state index contributed by atoms with van der Waals surface area (Å²) in [5.41, 5.74) is 9.21. The van der Waals surface area contributed by atoms with Crippen molar-refractivity contribution in [1.29, 1.82) is 5.53 Å². The van der Waals surface area contributed by atoms with Crippen LogP contribution in [0.25, 0.3) is 5.70 Å².